The number of rotatable bonds is 3. The molecule has 0 saturated carbocycles. The van der Waals surface area contributed by atoms with Crippen LogP contribution < -0.4 is 10.6 Å². The second-order valence-corrected chi connectivity index (χ2v) is 4.93. The summed E-state index contributed by atoms with van der Waals surface area (Å²) in [6.45, 7) is 0.00332. The molecule has 7 nitrogen and oxygen atoms in total. The average Bonchev–Trinajstić information content (AvgIpc) is 2.83. The summed E-state index contributed by atoms with van der Waals surface area (Å²) in [5, 5.41) is 12.4. The van der Waals surface area contributed by atoms with E-state index in [1.165, 1.54) is 10.5 Å². The molecule has 0 unspecified atom stereocenters. The predicted octanol–water partition coefficient (Wildman–Crippen LogP) is -0.346. The Morgan fingerprint density at radius 2 is 2.32 bits per heavy atom. The molecule has 3 amide bonds. The number of aromatic nitrogens is 2. The summed E-state index contributed by atoms with van der Waals surface area (Å²) >= 11 is 0. The molecule has 104 valence electrons. The molecule has 0 fully saturated rings. The molecule has 1 aromatic rings. The summed E-state index contributed by atoms with van der Waals surface area (Å²) in [6.07, 6.45) is 4.42. The standard InChI is InChI=1S/C12H19N5O2/c1-17(2)12(19)13-7-11(18)15-9-4-3-8-6-14-16-10(8)5-9/h6,9H,3-5,7H2,1-2H3,(H,13,19)(H,14,16)(H,15,18)/t9-/m1/s1. The first-order valence-electron chi connectivity index (χ1n) is 6.32. The largest absolute Gasteiger partial charge is 0.351 e. The van der Waals surface area contributed by atoms with Crippen LogP contribution in [0.5, 0.6) is 0 Å². The Bertz CT molecular complexity index is 468. The van der Waals surface area contributed by atoms with E-state index < -0.39 is 0 Å². The smallest absolute Gasteiger partial charge is 0.317 e. The zero-order valence-corrected chi connectivity index (χ0v) is 11.2. The van der Waals surface area contributed by atoms with E-state index in [2.05, 4.69) is 20.8 Å². The van der Waals surface area contributed by atoms with Gasteiger partial charge in [0.2, 0.25) is 5.91 Å². The number of carbonyl (C=O) groups excluding carboxylic acids is 2. The van der Waals surface area contributed by atoms with Gasteiger partial charge in [-0.3, -0.25) is 9.89 Å². The van der Waals surface area contributed by atoms with Crippen molar-refractivity contribution < 1.29 is 9.59 Å². The highest BCUT2D eigenvalue weighted by atomic mass is 16.2. The second kappa shape index (κ2) is 5.73. The minimum Gasteiger partial charge on any atom is -0.351 e. The molecule has 1 atom stereocenters. The summed E-state index contributed by atoms with van der Waals surface area (Å²) < 4.78 is 0. The number of aromatic amines is 1. The van der Waals surface area contributed by atoms with Gasteiger partial charge in [0.15, 0.2) is 0 Å². The van der Waals surface area contributed by atoms with Gasteiger partial charge in [0.1, 0.15) is 0 Å². The monoisotopic (exact) mass is 265 g/mol. The molecule has 0 radical (unpaired) electrons. The lowest BCUT2D eigenvalue weighted by Crippen LogP contribution is -2.46. The number of urea groups is 1. The van der Waals surface area contributed by atoms with Crippen molar-refractivity contribution >= 4 is 11.9 Å². The highest BCUT2D eigenvalue weighted by molar-refractivity contribution is 5.83. The van der Waals surface area contributed by atoms with Gasteiger partial charge in [0, 0.05) is 32.3 Å². The van der Waals surface area contributed by atoms with Crippen LogP contribution in [-0.4, -0.2) is 53.7 Å². The van der Waals surface area contributed by atoms with Gasteiger partial charge in [0.25, 0.3) is 0 Å². The maximum atomic E-state index is 11.7. The first-order valence-corrected chi connectivity index (χ1v) is 6.32. The summed E-state index contributed by atoms with van der Waals surface area (Å²) in [7, 11) is 3.27. The molecule has 1 aromatic heterocycles. The van der Waals surface area contributed by atoms with Crippen LogP contribution in [0.3, 0.4) is 0 Å². The Labute approximate surface area is 111 Å². The van der Waals surface area contributed by atoms with Gasteiger partial charge < -0.3 is 15.5 Å². The number of nitrogens with one attached hydrogen (secondary N) is 3. The van der Waals surface area contributed by atoms with Crippen LogP contribution in [0.4, 0.5) is 4.79 Å². The Hall–Kier alpha value is -2.05. The third kappa shape index (κ3) is 3.46. The first kappa shape index (κ1) is 13.4. The minimum absolute atomic E-state index is 0.00332. The first-order chi connectivity index (χ1) is 9.06. The number of carbonyl (C=O) groups is 2. The molecule has 0 aromatic carbocycles. The molecule has 0 spiro atoms. The van der Waals surface area contributed by atoms with Crippen molar-refractivity contribution in [3.63, 3.8) is 0 Å². The zero-order valence-electron chi connectivity index (χ0n) is 11.2. The number of H-pyrrole nitrogens is 1. The third-order valence-electron chi connectivity index (χ3n) is 3.19. The van der Waals surface area contributed by atoms with E-state index in [1.807, 2.05) is 6.20 Å². The van der Waals surface area contributed by atoms with E-state index in [-0.39, 0.29) is 24.5 Å². The number of fused-ring (bicyclic) bond motifs is 1. The molecule has 7 heteroatoms. The lowest BCUT2D eigenvalue weighted by atomic mass is 9.94. The van der Waals surface area contributed by atoms with Crippen molar-refractivity contribution in [3.05, 3.63) is 17.5 Å². The van der Waals surface area contributed by atoms with Crippen LogP contribution in [0.15, 0.2) is 6.20 Å². The number of amides is 3. The molecule has 1 aliphatic carbocycles. The van der Waals surface area contributed by atoms with Crippen molar-refractivity contribution in [2.75, 3.05) is 20.6 Å². The predicted molar refractivity (Wildman–Crippen MR) is 69.6 cm³/mol. The summed E-state index contributed by atoms with van der Waals surface area (Å²) in [5.41, 5.74) is 2.32. The number of aryl methyl sites for hydroxylation is 1. The minimum atomic E-state index is -0.269. The zero-order chi connectivity index (χ0) is 13.8. The van der Waals surface area contributed by atoms with Crippen LogP contribution in [0, 0.1) is 0 Å². The highest BCUT2D eigenvalue weighted by Gasteiger charge is 2.21. The normalized spacial score (nSPS) is 17.5. The summed E-state index contributed by atoms with van der Waals surface area (Å²) in [5.74, 6) is -0.164. The van der Waals surface area contributed by atoms with Gasteiger partial charge in [-0.2, -0.15) is 5.10 Å². The molecule has 0 saturated heterocycles. The number of nitrogens with zero attached hydrogens (tertiary/aromatic N) is 2. The fourth-order valence-corrected chi connectivity index (χ4v) is 2.12. The average molecular weight is 265 g/mol. The third-order valence-corrected chi connectivity index (χ3v) is 3.19. The summed E-state index contributed by atoms with van der Waals surface area (Å²) in [6, 6.07) is -0.161. The molecular weight excluding hydrogens is 246 g/mol. The lowest BCUT2D eigenvalue weighted by Gasteiger charge is -2.23. The SMILES string of the molecule is CN(C)C(=O)NCC(=O)N[C@@H]1CCc2cn[nH]c2C1. The maximum Gasteiger partial charge on any atom is 0.317 e. The van der Waals surface area contributed by atoms with Gasteiger partial charge in [-0.1, -0.05) is 0 Å². The Kier molecular flexibility index (Phi) is 4.03. The van der Waals surface area contributed by atoms with E-state index in [9.17, 15) is 9.59 Å². The molecule has 1 heterocycles. The van der Waals surface area contributed by atoms with Gasteiger partial charge in [-0.15, -0.1) is 0 Å². The molecule has 1 aliphatic rings. The molecule has 2 rings (SSSR count). The van der Waals surface area contributed by atoms with Crippen LogP contribution in [0.2, 0.25) is 0 Å². The van der Waals surface area contributed by atoms with E-state index in [4.69, 9.17) is 0 Å². The van der Waals surface area contributed by atoms with Crippen molar-refractivity contribution in [1.29, 1.82) is 0 Å². The quantitative estimate of drug-likeness (QED) is 0.698. The van der Waals surface area contributed by atoms with Crippen LogP contribution in [0.1, 0.15) is 17.7 Å². The molecular formula is C12H19N5O2. The van der Waals surface area contributed by atoms with Gasteiger partial charge in [-0.05, 0) is 18.4 Å². The van der Waals surface area contributed by atoms with E-state index in [1.54, 1.807) is 14.1 Å². The molecule has 0 aliphatic heterocycles. The van der Waals surface area contributed by atoms with Crippen LogP contribution in [-0.2, 0) is 17.6 Å². The summed E-state index contributed by atoms with van der Waals surface area (Å²) in [4.78, 5) is 24.4. The second-order valence-electron chi connectivity index (χ2n) is 4.93. The van der Waals surface area contributed by atoms with Crippen LogP contribution >= 0.6 is 0 Å². The van der Waals surface area contributed by atoms with E-state index >= 15 is 0 Å². The van der Waals surface area contributed by atoms with Gasteiger partial charge in [0.05, 0.1) is 12.7 Å². The fraction of sp³-hybridized carbons (Fsp3) is 0.583. The Balaban J connectivity index is 1.76. The van der Waals surface area contributed by atoms with Crippen molar-refractivity contribution in [2.45, 2.75) is 25.3 Å². The van der Waals surface area contributed by atoms with Gasteiger partial charge in [-0.25, -0.2) is 4.79 Å². The Morgan fingerprint density at radius 3 is 3.05 bits per heavy atom. The maximum absolute atomic E-state index is 11.7. The van der Waals surface area contributed by atoms with Crippen molar-refractivity contribution in [3.8, 4) is 0 Å². The highest BCUT2D eigenvalue weighted by Crippen LogP contribution is 2.18. The van der Waals surface area contributed by atoms with E-state index in [0.717, 1.165) is 25.0 Å². The molecule has 19 heavy (non-hydrogen) atoms. The Morgan fingerprint density at radius 1 is 1.53 bits per heavy atom. The molecule has 0 bridgehead atoms. The topological polar surface area (TPSA) is 90.1 Å². The molecule has 3 N–H and O–H groups in total. The van der Waals surface area contributed by atoms with Crippen molar-refractivity contribution in [1.82, 2.24) is 25.7 Å². The van der Waals surface area contributed by atoms with E-state index in [0.29, 0.717) is 0 Å². The number of hydrogen-bond donors (Lipinski definition) is 3. The fourth-order valence-electron chi connectivity index (χ4n) is 2.12. The van der Waals surface area contributed by atoms with Gasteiger partial charge >= 0.3 is 6.03 Å². The lowest BCUT2D eigenvalue weighted by molar-refractivity contribution is -0.120. The van der Waals surface area contributed by atoms with Crippen LogP contribution in [0.25, 0.3) is 0 Å². The number of hydrogen-bond acceptors (Lipinski definition) is 3. The van der Waals surface area contributed by atoms with Crippen molar-refractivity contribution in [2.24, 2.45) is 0 Å².